The van der Waals surface area contributed by atoms with Crippen LogP contribution < -0.4 is 11.5 Å². The summed E-state index contributed by atoms with van der Waals surface area (Å²) in [5.74, 6) is 0.326. The lowest BCUT2D eigenvalue weighted by Gasteiger charge is -2.26. The Bertz CT molecular complexity index is 323. The molecule has 0 heterocycles. The number of rotatable bonds is 6. The van der Waals surface area contributed by atoms with Gasteiger partial charge in [0.2, 0.25) is 0 Å². The Balaban J connectivity index is 2.85. The second-order valence-corrected chi connectivity index (χ2v) is 5.07. The Kier molecular flexibility index (Phi) is 5.96. The van der Waals surface area contributed by atoms with Crippen LogP contribution in [0, 0.1) is 0 Å². The zero-order valence-electron chi connectivity index (χ0n) is 10.7. The Morgan fingerprint density at radius 3 is 2.12 bits per heavy atom. The molecule has 1 aromatic rings. The van der Waals surface area contributed by atoms with Gasteiger partial charge in [-0.05, 0) is 37.0 Å². The standard InChI is InChI=1S/C14H23ClN2/c1-3-12(16)9-13(14(17)4-2)10-5-7-11(15)8-6-10/h5-8,12-14H,3-4,9,16-17H2,1-2H3. The first-order chi connectivity index (χ1) is 8.08. The molecule has 96 valence electrons. The lowest BCUT2D eigenvalue weighted by atomic mass is 9.85. The van der Waals surface area contributed by atoms with Gasteiger partial charge < -0.3 is 11.5 Å². The molecule has 2 nitrogen and oxygen atoms in total. The summed E-state index contributed by atoms with van der Waals surface area (Å²) in [6.45, 7) is 4.23. The summed E-state index contributed by atoms with van der Waals surface area (Å²) < 4.78 is 0. The molecule has 17 heavy (non-hydrogen) atoms. The molecular weight excluding hydrogens is 232 g/mol. The van der Waals surface area contributed by atoms with E-state index in [1.54, 1.807) is 0 Å². The maximum atomic E-state index is 6.20. The van der Waals surface area contributed by atoms with Crippen molar-refractivity contribution >= 4 is 11.6 Å². The second-order valence-electron chi connectivity index (χ2n) is 4.63. The zero-order chi connectivity index (χ0) is 12.8. The van der Waals surface area contributed by atoms with Crippen molar-refractivity contribution in [3.05, 3.63) is 34.9 Å². The smallest absolute Gasteiger partial charge is 0.0406 e. The minimum absolute atomic E-state index is 0.161. The molecule has 0 fully saturated rings. The Labute approximate surface area is 109 Å². The van der Waals surface area contributed by atoms with E-state index in [1.807, 2.05) is 12.1 Å². The van der Waals surface area contributed by atoms with Crippen molar-refractivity contribution in [1.29, 1.82) is 0 Å². The van der Waals surface area contributed by atoms with E-state index in [9.17, 15) is 0 Å². The van der Waals surface area contributed by atoms with Crippen molar-refractivity contribution in [3.63, 3.8) is 0 Å². The van der Waals surface area contributed by atoms with E-state index in [1.165, 1.54) is 5.56 Å². The van der Waals surface area contributed by atoms with Crippen molar-refractivity contribution in [1.82, 2.24) is 0 Å². The minimum atomic E-state index is 0.161. The fourth-order valence-electron chi connectivity index (χ4n) is 2.05. The van der Waals surface area contributed by atoms with E-state index < -0.39 is 0 Å². The molecule has 0 spiro atoms. The third-order valence-electron chi connectivity index (χ3n) is 3.37. The summed E-state index contributed by atoms with van der Waals surface area (Å²) in [7, 11) is 0. The lowest BCUT2D eigenvalue weighted by molar-refractivity contribution is 0.439. The summed E-state index contributed by atoms with van der Waals surface area (Å²) >= 11 is 5.91. The van der Waals surface area contributed by atoms with E-state index in [4.69, 9.17) is 23.1 Å². The molecule has 0 aromatic heterocycles. The minimum Gasteiger partial charge on any atom is -0.328 e. The average molecular weight is 255 g/mol. The zero-order valence-corrected chi connectivity index (χ0v) is 11.5. The van der Waals surface area contributed by atoms with E-state index in [0.29, 0.717) is 5.92 Å². The van der Waals surface area contributed by atoms with Crippen LogP contribution in [0.2, 0.25) is 5.02 Å². The van der Waals surface area contributed by atoms with Gasteiger partial charge in [0.25, 0.3) is 0 Å². The molecule has 0 aliphatic carbocycles. The van der Waals surface area contributed by atoms with E-state index >= 15 is 0 Å². The van der Waals surface area contributed by atoms with Crippen LogP contribution in [0.3, 0.4) is 0 Å². The largest absolute Gasteiger partial charge is 0.328 e. The number of nitrogens with two attached hydrogens (primary N) is 2. The van der Waals surface area contributed by atoms with Gasteiger partial charge in [-0.3, -0.25) is 0 Å². The van der Waals surface area contributed by atoms with Gasteiger partial charge in [-0.15, -0.1) is 0 Å². The van der Waals surface area contributed by atoms with Crippen LogP contribution in [-0.2, 0) is 0 Å². The molecule has 4 N–H and O–H groups in total. The highest BCUT2D eigenvalue weighted by Gasteiger charge is 2.20. The van der Waals surface area contributed by atoms with Gasteiger partial charge in [-0.1, -0.05) is 37.6 Å². The maximum absolute atomic E-state index is 6.20. The van der Waals surface area contributed by atoms with Gasteiger partial charge in [0.1, 0.15) is 0 Å². The van der Waals surface area contributed by atoms with Crippen molar-refractivity contribution < 1.29 is 0 Å². The maximum Gasteiger partial charge on any atom is 0.0406 e. The summed E-state index contributed by atoms with van der Waals surface area (Å²) in [4.78, 5) is 0. The molecular formula is C14H23ClN2. The highest BCUT2D eigenvalue weighted by molar-refractivity contribution is 6.30. The second kappa shape index (κ2) is 7.00. The molecule has 0 radical (unpaired) electrons. The van der Waals surface area contributed by atoms with Crippen LogP contribution in [0.1, 0.15) is 44.6 Å². The van der Waals surface area contributed by atoms with Crippen LogP contribution in [0.5, 0.6) is 0 Å². The molecule has 0 saturated heterocycles. The third kappa shape index (κ3) is 4.30. The fraction of sp³-hybridized carbons (Fsp3) is 0.571. The first-order valence-corrected chi connectivity index (χ1v) is 6.72. The van der Waals surface area contributed by atoms with E-state index in [0.717, 1.165) is 24.3 Å². The molecule has 3 unspecified atom stereocenters. The van der Waals surface area contributed by atoms with Crippen LogP contribution in [0.15, 0.2) is 24.3 Å². The Morgan fingerprint density at radius 2 is 1.65 bits per heavy atom. The number of hydrogen-bond donors (Lipinski definition) is 2. The highest BCUT2D eigenvalue weighted by Crippen LogP contribution is 2.27. The van der Waals surface area contributed by atoms with Gasteiger partial charge in [0.15, 0.2) is 0 Å². The molecule has 1 aromatic carbocycles. The molecule has 1 rings (SSSR count). The summed E-state index contributed by atoms with van der Waals surface area (Å²) in [5.41, 5.74) is 13.5. The number of benzene rings is 1. The van der Waals surface area contributed by atoms with Crippen molar-refractivity contribution in [2.24, 2.45) is 11.5 Å². The quantitative estimate of drug-likeness (QED) is 0.819. The predicted molar refractivity (Wildman–Crippen MR) is 75.3 cm³/mol. The van der Waals surface area contributed by atoms with Crippen molar-refractivity contribution in [3.8, 4) is 0 Å². The van der Waals surface area contributed by atoms with Gasteiger partial charge in [-0.2, -0.15) is 0 Å². The van der Waals surface area contributed by atoms with Gasteiger partial charge >= 0.3 is 0 Å². The first kappa shape index (κ1) is 14.5. The van der Waals surface area contributed by atoms with E-state index in [2.05, 4.69) is 26.0 Å². The summed E-state index contributed by atoms with van der Waals surface area (Å²) in [6, 6.07) is 8.34. The van der Waals surface area contributed by atoms with Crippen LogP contribution >= 0.6 is 11.6 Å². The highest BCUT2D eigenvalue weighted by atomic mass is 35.5. The molecule has 0 amide bonds. The first-order valence-electron chi connectivity index (χ1n) is 6.35. The number of halogens is 1. The SMILES string of the molecule is CCC(N)CC(c1ccc(Cl)cc1)C(N)CC. The Hall–Kier alpha value is -0.570. The monoisotopic (exact) mass is 254 g/mol. The predicted octanol–water partition coefficient (Wildman–Crippen LogP) is 3.29. The van der Waals surface area contributed by atoms with Crippen molar-refractivity contribution in [2.75, 3.05) is 0 Å². The van der Waals surface area contributed by atoms with Gasteiger partial charge in [0, 0.05) is 23.0 Å². The average Bonchev–Trinajstić information content (AvgIpc) is 2.36. The molecule has 3 heteroatoms. The third-order valence-corrected chi connectivity index (χ3v) is 3.62. The molecule has 0 bridgehead atoms. The molecule has 0 saturated carbocycles. The van der Waals surface area contributed by atoms with Crippen molar-refractivity contribution in [2.45, 2.75) is 51.1 Å². The van der Waals surface area contributed by atoms with Gasteiger partial charge in [0.05, 0.1) is 0 Å². The molecule has 0 aliphatic rings. The van der Waals surface area contributed by atoms with Crippen LogP contribution in [-0.4, -0.2) is 12.1 Å². The number of hydrogen-bond acceptors (Lipinski definition) is 2. The van der Waals surface area contributed by atoms with Gasteiger partial charge in [-0.25, -0.2) is 0 Å². The van der Waals surface area contributed by atoms with Crippen LogP contribution in [0.4, 0.5) is 0 Å². The Morgan fingerprint density at radius 1 is 1.06 bits per heavy atom. The van der Waals surface area contributed by atoms with E-state index in [-0.39, 0.29) is 12.1 Å². The molecule has 3 atom stereocenters. The topological polar surface area (TPSA) is 52.0 Å². The van der Waals surface area contributed by atoms with Crippen LogP contribution in [0.25, 0.3) is 0 Å². The summed E-state index contributed by atoms with van der Waals surface area (Å²) in [5, 5.41) is 0.761. The molecule has 0 aliphatic heterocycles. The normalized spacial score (nSPS) is 16.5. The fourth-order valence-corrected chi connectivity index (χ4v) is 2.17. The lowest BCUT2D eigenvalue weighted by Crippen LogP contribution is -2.33. The summed E-state index contributed by atoms with van der Waals surface area (Å²) in [6.07, 6.45) is 2.89.